The second kappa shape index (κ2) is 7.85. The molecule has 0 spiro atoms. The Bertz CT molecular complexity index is 998. The number of nitrogens with zero attached hydrogens (tertiary/aromatic N) is 2. The second-order valence-corrected chi connectivity index (χ2v) is 7.67. The van der Waals surface area contributed by atoms with Gasteiger partial charge in [-0.3, -0.25) is 14.6 Å². The fourth-order valence-electron chi connectivity index (χ4n) is 4.20. The third kappa shape index (κ3) is 3.83. The molecule has 0 radical (unpaired) electrons. The number of carbonyl (C=O) groups is 1. The number of nitrogens with one attached hydrogen (secondary N) is 2. The van der Waals surface area contributed by atoms with Crippen LogP contribution in [-0.2, 0) is 17.6 Å². The number of hydrogen-bond donors (Lipinski definition) is 2. The van der Waals surface area contributed by atoms with Gasteiger partial charge in [0.05, 0.1) is 25.3 Å². The molecule has 2 aliphatic rings. The van der Waals surface area contributed by atoms with E-state index < -0.39 is 5.82 Å². The molecular weight excluding hydrogens is 375 g/mol. The van der Waals surface area contributed by atoms with E-state index in [4.69, 9.17) is 4.74 Å². The maximum atomic E-state index is 13.9. The van der Waals surface area contributed by atoms with Crippen molar-refractivity contribution < 1.29 is 13.9 Å². The Morgan fingerprint density at radius 1 is 1.38 bits per heavy atom. The minimum absolute atomic E-state index is 0.0430. The fourth-order valence-corrected chi connectivity index (χ4v) is 4.20. The molecule has 1 aliphatic heterocycles. The first kappa shape index (κ1) is 19.4. The summed E-state index contributed by atoms with van der Waals surface area (Å²) in [5, 5.41) is 2.97. The normalized spacial score (nSPS) is 18.0. The lowest BCUT2D eigenvalue weighted by Gasteiger charge is -2.18. The van der Waals surface area contributed by atoms with E-state index in [2.05, 4.69) is 20.2 Å². The van der Waals surface area contributed by atoms with Gasteiger partial charge in [0, 0.05) is 18.7 Å². The zero-order chi connectivity index (χ0) is 20.5. The van der Waals surface area contributed by atoms with Gasteiger partial charge in [0.2, 0.25) is 11.9 Å². The number of methoxy groups -OCH3 is 1. The zero-order valence-electron chi connectivity index (χ0n) is 16.7. The van der Waals surface area contributed by atoms with Crippen LogP contribution in [0, 0.1) is 12.7 Å². The first-order valence-corrected chi connectivity index (χ1v) is 9.96. The molecule has 1 aromatic heterocycles. The van der Waals surface area contributed by atoms with E-state index in [0.29, 0.717) is 30.0 Å². The highest BCUT2D eigenvalue weighted by Crippen LogP contribution is 2.35. The van der Waals surface area contributed by atoms with Crippen molar-refractivity contribution in [2.45, 2.75) is 45.1 Å². The van der Waals surface area contributed by atoms with Crippen molar-refractivity contribution in [3.63, 3.8) is 0 Å². The van der Waals surface area contributed by atoms with Crippen LogP contribution in [0.2, 0.25) is 0 Å². The molecule has 1 fully saturated rings. The Kier molecular flexibility index (Phi) is 5.25. The molecule has 1 amide bonds. The Labute approximate surface area is 168 Å². The van der Waals surface area contributed by atoms with Gasteiger partial charge in [-0.2, -0.15) is 0 Å². The van der Waals surface area contributed by atoms with Crippen molar-refractivity contribution in [2.24, 2.45) is 0 Å². The molecule has 0 bridgehead atoms. The Hall–Kier alpha value is -2.90. The standard InChI is InChI=1S/C21H25FN4O3/c1-12-14(20(28)25-21(23-12)26-7-3-4-8-26)11-19(27)24-17-6-5-13-9-16(22)18(29-2)10-15(13)17/h9-10,17H,3-8,11H2,1-2H3,(H,24,27)(H,23,25,28). The number of aromatic nitrogens is 2. The second-order valence-electron chi connectivity index (χ2n) is 7.67. The molecule has 4 rings (SSSR count). The van der Waals surface area contributed by atoms with Crippen LogP contribution in [0.15, 0.2) is 16.9 Å². The summed E-state index contributed by atoms with van der Waals surface area (Å²) in [5.41, 5.74) is 2.41. The first-order valence-electron chi connectivity index (χ1n) is 9.96. The van der Waals surface area contributed by atoms with Crippen molar-refractivity contribution in [3.8, 4) is 5.75 Å². The number of fused-ring (bicyclic) bond motifs is 1. The van der Waals surface area contributed by atoms with Crippen LogP contribution >= 0.6 is 0 Å². The number of carbonyl (C=O) groups excluding carboxylic acids is 1. The molecule has 1 aliphatic carbocycles. The van der Waals surface area contributed by atoms with E-state index in [1.165, 1.54) is 13.2 Å². The van der Waals surface area contributed by atoms with Gasteiger partial charge in [-0.1, -0.05) is 0 Å². The predicted molar refractivity (Wildman–Crippen MR) is 107 cm³/mol. The number of amides is 1. The molecule has 2 aromatic rings. The third-order valence-electron chi connectivity index (χ3n) is 5.78. The molecule has 2 N–H and O–H groups in total. The molecule has 1 saturated heterocycles. The van der Waals surface area contributed by atoms with Crippen molar-refractivity contribution in [1.82, 2.24) is 15.3 Å². The average Bonchev–Trinajstić information content (AvgIpc) is 3.34. The maximum Gasteiger partial charge on any atom is 0.256 e. The van der Waals surface area contributed by atoms with Crippen LogP contribution in [0.4, 0.5) is 10.3 Å². The van der Waals surface area contributed by atoms with Crippen LogP contribution in [0.5, 0.6) is 5.75 Å². The number of benzene rings is 1. The predicted octanol–water partition coefficient (Wildman–Crippen LogP) is 2.17. The monoisotopic (exact) mass is 400 g/mol. The Balaban J connectivity index is 1.48. The van der Waals surface area contributed by atoms with E-state index in [1.807, 2.05) is 0 Å². The molecule has 154 valence electrons. The molecular formula is C21H25FN4O3. The molecule has 0 saturated carbocycles. The number of hydrogen-bond acceptors (Lipinski definition) is 5. The van der Waals surface area contributed by atoms with Crippen LogP contribution in [0.25, 0.3) is 0 Å². The molecule has 2 heterocycles. The topological polar surface area (TPSA) is 87.3 Å². The van der Waals surface area contributed by atoms with Crippen molar-refractivity contribution in [2.75, 3.05) is 25.1 Å². The summed E-state index contributed by atoms with van der Waals surface area (Å²) in [5.74, 6) is 0.0897. The van der Waals surface area contributed by atoms with Crippen LogP contribution in [0.1, 0.15) is 47.7 Å². The summed E-state index contributed by atoms with van der Waals surface area (Å²) in [7, 11) is 1.42. The number of anilines is 1. The minimum Gasteiger partial charge on any atom is -0.494 e. The number of aromatic amines is 1. The molecule has 1 aromatic carbocycles. The highest BCUT2D eigenvalue weighted by atomic mass is 19.1. The van der Waals surface area contributed by atoms with E-state index in [1.54, 1.807) is 13.0 Å². The van der Waals surface area contributed by atoms with Gasteiger partial charge in [-0.05, 0) is 55.9 Å². The number of H-pyrrole nitrogens is 1. The van der Waals surface area contributed by atoms with E-state index in [-0.39, 0.29) is 29.7 Å². The number of rotatable bonds is 5. The van der Waals surface area contributed by atoms with Gasteiger partial charge in [0.15, 0.2) is 11.6 Å². The van der Waals surface area contributed by atoms with Gasteiger partial charge in [0.1, 0.15) is 0 Å². The largest absolute Gasteiger partial charge is 0.494 e. The number of halogens is 1. The van der Waals surface area contributed by atoms with E-state index in [9.17, 15) is 14.0 Å². The number of aryl methyl sites for hydroxylation is 2. The third-order valence-corrected chi connectivity index (χ3v) is 5.78. The quantitative estimate of drug-likeness (QED) is 0.803. The van der Waals surface area contributed by atoms with E-state index in [0.717, 1.165) is 37.1 Å². The fraction of sp³-hybridized carbons (Fsp3) is 0.476. The average molecular weight is 400 g/mol. The van der Waals surface area contributed by atoms with Gasteiger partial charge in [-0.15, -0.1) is 0 Å². The Morgan fingerprint density at radius 2 is 2.14 bits per heavy atom. The summed E-state index contributed by atoms with van der Waals surface area (Å²) in [6.45, 7) is 3.52. The molecule has 29 heavy (non-hydrogen) atoms. The van der Waals surface area contributed by atoms with Crippen LogP contribution < -0.4 is 20.5 Å². The molecule has 1 atom stereocenters. The molecule has 7 nitrogen and oxygen atoms in total. The minimum atomic E-state index is -0.399. The van der Waals surface area contributed by atoms with Gasteiger partial charge < -0.3 is 15.0 Å². The van der Waals surface area contributed by atoms with Crippen molar-refractivity contribution in [1.29, 1.82) is 0 Å². The van der Waals surface area contributed by atoms with Gasteiger partial charge >= 0.3 is 0 Å². The van der Waals surface area contributed by atoms with Crippen molar-refractivity contribution >= 4 is 11.9 Å². The van der Waals surface area contributed by atoms with Crippen molar-refractivity contribution in [3.05, 3.63) is 50.7 Å². The van der Waals surface area contributed by atoms with Crippen LogP contribution in [-0.4, -0.2) is 36.1 Å². The van der Waals surface area contributed by atoms with Gasteiger partial charge in [-0.25, -0.2) is 9.37 Å². The van der Waals surface area contributed by atoms with E-state index >= 15 is 0 Å². The summed E-state index contributed by atoms with van der Waals surface area (Å²) >= 11 is 0. The highest BCUT2D eigenvalue weighted by molar-refractivity contribution is 5.79. The smallest absolute Gasteiger partial charge is 0.256 e. The summed E-state index contributed by atoms with van der Waals surface area (Å²) in [6.07, 6.45) is 3.51. The lowest BCUT2D eigenvalue weighted by atomic mass is 10.1. The summed E-state index contributed by atoms with van der Waals surface area (Å²) < 4.78 is 19.0. The lowest BCUT2D eigenvalue weighted by Crippen LogP contribution is -2.32. The van der Waals surface area contributed by atoms with Gasteiger partial charge in [0.25, 0.3) is 5.56 Å². The molecule has 8 heteroatoms. The zero-order valence-corrected chi connectivity index (χ0v) is 16.7. The van der Waals surface area contributed by atoms with Crippen LogP contribution in [0.3, 0.4) is 0 Å². The molecule has 1 unspecified atom stereocenters. The highest BCUT2D eigenvalue weighted by Gasteiger charge is 2.27. The maximum absolute atomic E-state index is 13.9. The summed E-state index contributed by atoms with van der Waals surface area (Å²) in [6, 6.07) is 2.90. The first-order chi connectivity index (χ1) is 14.0. The lowest BCUT2D eigenvalue weighted by molar-refractivity contribution is -0.121. The summed E-state index contributed by atoms with van der Waals surface area (Å²) in [4.78, 5) is 34.6. The SMILES string of the molecule is COc1cc2c(cc1F)CCC2NC(=O)Cc1c(C)nc(N2CCCC2)[nH]c1=O. The number of ether oxygens (including phenoxy) is 1. The Morgan fingerprint density at radius 3 is 2.83 bits per heavy atom.